The third-order valence-corrected chi connectivity index (χ3v) is 3.00. The van der Waals surface area contributed by atoms with Gasteiger partial charge in [0.05, 0.1) is 0 Å². The number of likely N-dealkylation sites (N-methyl/N-ethyl adjacent to an activating group) is 1. The van der Waals surface area contributed by atoms with Crippen LogP contribution in [0.4, 0.5) is 5.69 Å². The van der Waals surface area contributed by atoms with E-state index >= 15 is 0 Å². The Morgan fingerprint density at radius 3 is 2.26 bits per heavy atom. The van der Waals surface area contributed by atoms with Gasteiger partial charge in [-0.3, -0.25) is 10.6 Å². The summed E-state index contributed by atoms with van der Waals surface area (Å²) in [7, 11) is 4.01. The van der Waals surface area contributed by atoms with Gasteiger partial charge in [-0.1, -0.05) is 13.8 Å². The molecule has 1 atom stereocenters. The quantitative estimate of drug-likeness (QED) is 0.535. The highest BCUT2D eigenvalue weighted by Gasteiger charge is 2.17. The molecule has 1 aromatic rings. The minimum absolute atomic E-state index is 0.0517. The highest BCUT2D eigenvalue weighted by atomic mass is 16.1. The lowest BCUT2D eigenvalue weighted by Gasteiger charge is -2.25. The van der Waals surface area contributed by atoms with Crippen LogP contribution < -0.4 is 16.6 Å². The van der Waals surface area contributed by atoms with Gasteiger partial charge >= 0.3 is 0 Å². The van der Waals surface area contributed by atoms with E-state index in [1.54, 1.807) is 24.3 Å². The molecule has 0 saturated carbocycles. The van der Waals surface area contributed by atoms with Crippen LogP contribution in [0.25, 0.3) is 0 Å². The number of benzene rings is 1. The molecule has 0 heterocycles. The summed E-state index contributed by atoms with van der Waals surface area (Å²) in [5.74, 6) is 5.63. The zero-order valence-corrected chi connectivity index (χ0v) is 12.1. The van der Waals surface area contributed by atoms with E-state index in [9.17, 15) is 4.79 Å². The number of nitrogen functional groups attached to an aromatic ring is 1. The Labute approximate surface area is 115 Å². The van der Waals surface area contributed by atoms with Crippen molar-refractivity contribution >= 4 is 11.6 Å². The minimum atomic E-state index is -0.0517. The van der Waals surface area contributed by atoms with Crippen LogP contribution in [0.1, 0.15) is 24.2 Å². The molecule has 1 amide bonds. The van der Waals surface area contributed by atoms with Gasteiger partial charge in [-0.25, -0.2) is 0 Å². The van der Waals surface area contributed by atoms with Crippen molar-refractivity contribution in [2.24, 2.45) is 11.8 Å². The van der Waals surface area contributed by atoms with Gasteiger partial charge in [-0.2, -0.15) is 0 Å². The Morgan fingerprint density at radius 2 is 1.84 bits per heavy atom. The molecule has 5 heteroatoms. The van der Waals surface area contributed by atoms with Gasteiger partial charge in [-0.15, -0.1) is 0 Å². The Bertz CT molecular complexity index is 400. The van der Waals surface area contributed by atoms with Crippen LogP contribution in [0.2, 0.25) is 0 Å². The number of anilines is 1. The van der Waals surface area contributed by atoms with E-state index in [0.717, 1.165) is 12.2 Å². The fourth-order valence-electron chi connectivity index (χ4n) is 1.79. The van der Waals surface area contributed by atoms with Crippen molar-refractivity contribution in [1.29, 1.82) is 0 Å². The number of carbonyl (C=O) groups is 1. The normalized spacial score (nSPS) is 12.6. The number of hydrazine groups is 1. The van der Waals surface area contributed by atoms with Gasteiger partial charge in [0, 0.05) is 23.8 Å². The number of nitrogens with one attached hydrogen (secondary N) is 2. The van der Waals surface area contributed by atoms with Crippen LogP contribution in [0.15, 0.2) is 24.3 Å². The first-order chi connectivity index (χ1) is 8.93. The molecule has 5 nitrogen and oxygen atoms in total. The molecule has 1 unspecified atom stereocenters. The maximum atomic E-state index is 12.2. The SMILES string of the molecule is CC(C)C(CN(C)C)NC(=O)c1ccc(NN)cc1. The van der Waals surface area contributed by atoms with E-state index in [2.05, 4.69) is 29.5 Å². The topological polar surface area (TPSA) is 70.4 Å². The number of hydrogen-bond acceptors (Lipinski definition) is 4. The van der Waals surface area contributed by atoms with E-state index in [-0.39, 0.29) is 11.9 Å². The van der Waals surface area contributed by atoms with Gasteiger partial charge in [0.1, 0.15) is 0 Å². The number of carbonyl (C=O) groups excluding carboxylic acids is 1. The first kappa shape index (κ1) is 15.5. The van der Waals surface area contributed by atoms with Crippen molar-refractivity contribution in [3.8, 4) is 0 Å². The van der Waals surface area contributed by atoms with E-state index in [1.165, 1.54) is 0 Å². The molecule has 0 spiro atoms. The predicted molar refractivity (Wildman–Crippen MR) is 78.9 cm³/mol. The molecule has 0 fully saturated rings. The van der Waals surface area contributed by atoms with Crippen molar-refractivity contribution in [3.63, 3.8) is 0 Å². The Kier molecular flexibility index (Phi) is 5.79. The summed E-state index contributed by atoms with van der Waals surface area (Å²) < 4.78 is 0. The lowest BCUT2D eigenvalue weighted by molar-refractivity contribution is 0.0916. The standard InChI is InChI=1S/C14H24N4O/c1-10(2)13(9-18(3)4)16-14(19)11-5-7-12(17-15)8-6-11/h5-8,10,13,17H,9,15H2,1-4H3,(H,16,19). The van der Waals surface area contributed by atoms with E-state index in [4.69, 9.17) is 5.84 Å². The molecule has 4 N–H and O–H groups in total. The van der Waals surface area contributed by atoms with E-state index in [1.807, 2.05) is 14.1 Å². The second-order valence-electron chi connectivity index (χ2n) is 5.31. The second kappa shape index (κ2) is 7.11. The molecule has 0 aromatic heterocycles. The van der Waals surface area contributed by atoms with Crippen molar-refractivity contribution in [3.05, 3.63) is 29.8 Å². The number of rotatable bonds is 6. The Hall–Kier alpha value is -1.59. The van der Waals surface area contributed by atoms with Gasteiger partial charge in [-0.05, 0) is 44.3 Å². The van der Waals surface area contributed by atoms with Crippen LogP contribution in [0.3, 0.4) is 0 Å². The number of hydrogen-bond donors (Lipinski definition) is 3. The third kappa shape index (κ3) is 4.89. The molecule has 1 aromatic carbocycles. The summed E-state index contributed by atoms with van der Waals surface area (Å²) in [4.78, 5) is 14.2. The Balaban J connectivity index is 2.70. The lowest BCUT2D eigenvalue weighted by atomic mass is 10.0. The maximum absolute atomic E-state index is 12.2. The number of nitrogens with two attached hydrogens (primary N) is 1. The molecule has 0 saturated heterocycles. The first-order valence-corrected chi connectivity index (χ1v) is 6.46. The number of nitrogens with zero attached hydrogens (tertiary/aromatic N) is 1. The first-order valence-electron chi connectivity index (χ1n) is 6.46. The van der Waals surface area contributed by atoms with Gasteiger partial charge in [0.15, 0.2) is 0 Å². The molecule has 0 radical (unpaired) electrons. The van der Waals surface area contributed by atoms with Crippen molar-refractivity contribution in [1.82, 2.24) is 10.2 Å². The summed E-state index contributed by atoms with van der Waals surface area (Å²) in [6.45, 7) is 5.04. The number of amides is 1. The monoisotopic (exact) mass is 264 g/mol. The minimum Gasteiger partial charge on any atom is -0.348 e. The predicted octanol–water partition coefficient (Wildman–Crippen LogP) is 1.29. The lowest BCUT2D eigenvalue weighted by Crippen LogP contribution is -2.45. The average molecular weight is 264 g/mol. The van der Waals surface area contributed by atoms with Crippen molar-refractivity contribution in [2.45, 2.75) is 19.9 Å². The zero-order chi connectivity index (χ0) is 14.4. The second-order valence-corrected chi connectivity index (χ2v) is 5.31. The van der Waals surface area contributed by atoms with Crippen molar-refractivity contribution < 1.29 is 4.79 Å². The average Bonchev–Trinajstić information content (AvgIpc) is 2.37. The van der Waals surface area contributed by atoms with E-state index in [0.29, 0.717) is 11.5 Å². The molecular weight excluding hydrogens is 240 g/mol. The summed E-state index contributed by atoms with van der Waals surface area (Å²) in [5.41, 5.74) is 3.96. The highest BCUT2D eigenvalue weighted by Crippen LogP contribution is 2.09. The van der Waals surface area contributed by atoms with Crippen LogP contribution >= 0.6 is 0 Å². The Morgan fingerprint density at radius 1 is 1.26 bits per heavy atom. The van der Waals surface area contributed by atoms with Crippen LogP contribution in [0, 0.1) is 5.92 Å². The molecule has 1 rings (SSSR count). The summed E-state index contributed by atoms with van der Waals surface area (Å²) in [6, 6.07) is 7.22. The molecule has 0 aliphatic heterocycles. The summed E-state index contributed by atoms with van der Waals surface area (Å²) in [5, 5.41) is 3.07. The summed E-state index contributed by atoms with van der Waals surface area (Å²) >= 11 is 0. The third-order valence-electron chi connectivity index (χ3n) is 3.00. The van der Waals surface area contributed by atoms with Crippen LogP contribution in [-0.2, 0) is 0 Å². The van der Waals surface area contributed by atoms with Crippen LogP contribution in [0.5, 0.6) is 0 Å². The van der Waals surface area contributed by atoms with E-state index < -0.39 is 0 Å². The maximum Gasteiger partial charge on any atom is 0.251 e. The largest absolute Gasteiger partial charge is 0.348 e. The highest BCUT2D eigenvalue weighted by molar-refractivity contribution is 5.94. The fraction of sp³-hybridized carbons (Fsp3) is 0.500. The molecule has 0 aliphatic rings. The zero-order valence-electron chi connectivity index (χ0n) is 12.1. The van der Waals surface area contributed by atoms with Gasteiger partial charge in [0.2, 0.25) is 0 Å². The van der Waals surface area contributed by atoms with Crippen LogP contribution in [-0.4, -0.2) is 37.5 Å². The molecule has 106 valence electrons. The fourth-order valence-corrected chi connectivity index (χ4v) is 1.79. The molecular formula is C14H24N4O. The van der Waals surface area contributed by atoms with Gasteiger partial charge in [0.25, 0.3) is 5.91 Å². The summed E-state index contributed by atoms with van der Waals surface area (Å²) in [6.07, 6.45) is 0. The molecule has 0 bridgehead atoms. The molecule has 19 heavy (non-hydrogen) atoms. The smallest absolute Gasteiger partial charge is 0.251 e. The molecule has 0 aliphatic carbocycles. The van der Waals surface area contributed by atoms with Gasteiger partial charge < -0.3 is 15.6 Å². The van der Waals surface area contributed by atoms with Crippen molar-refractivity contribution in [2.75, 3.05) is 26.1 Å².